The second kappa shape index (κ2) is 9.04. The Bertz CT molecular complexity index is 886. The van der Waals surface area contributed by atoms with Crippen LogP contribution in [0.15, 0.2) is 72.8 Å². The number of hydrogen-bond acceptors (Lipinski definition) is 3. The predicted octanol–water partition coefficient (Wildman–Crippen LogP) is 5.49. The second-order valence-corrected chi connectivity index (χ2v) is 6.47. The molecule has 3 rings (SSSR count). The number of aryl methyl sites for hydroxylation is 2. The highest BCUT2D eigenvalue weighted by Gasteiger charge is 2.14. The van der Waals surface area contributed by atoms with Gasteiger partial charge in [0.15, 0.2) is 0 Å². The van der Waals surface area contributed by atoms with E-state index in [0.717, 1.165) is 34.4 Å². The summed E-state index contributed by atoms with van der Waals surface area (Å²) in [5, 5.41) is 0. The molecule has 0 heterocycles. The Labute approximate surface area is 160 Å². The van der Waals surface area contributed by atoms with Gasteiger partial charge in [-0.05, 0) is 47.7 Å². The zero-order valence-electron chi connectivity index (χ0n) is 15.8. The van der Waals surface area contributed by atoms with Crippen molar-refractivity contribution in [3.8, 4) is 5.75 Å². The summed E-state index contributed by atoms with van der Waals surface area (Å²) in [4.78, 5) is 12.5. The van der Waals surface area contributed by atoms with Gasteiger partial charge in [0.2, 0.25) is 0 Å². The van der Waals surface area contributed by atoms with Crippen molar-refractivity contribution in [2.24, 2.45) is 0 Å². The first-order valence-electron chi connectivity index (χ1n) is 9.18. The molecule has 0 unspecified atom stereocenters. The molecule has 0 fully saturated rings. The van der Waals surface area contributed by atoms with Crippen molar-refractivity contribution >= 4 is 5.97 Å². The average molecular weight is 360 g/mol. The number of carbonyl (C=O) groups excluding carboxylic acids is 1. The molecular formula is C24H24O3. The molecule has 3 nitrogen and oxygen atoms in total. The van der Waals surface area contributed by atoms with E-state index < -0.39 is 0 Å². The molecule has 0 atom stereocenters. The summed E-state index contributed by atoms with van der Waals surface area (Å²) in [5.41, 5.74) is 4.60. The molecule has 3 aromatic carbocycles. The van der Waals surface area contributed by atoms with Gasteiger partial charge in [-0.15, -0.1) is 0 Å². The number of rotatable bonds is 7. The molecule has 0 aromatic heterocycles. The van der Waals surface area contributed by atoms with Crippen LogP contribution in [0.2, 0.25) is 0 Å². The first-order chi connectivity index (χ1) is 13.2. The first kappa shape index (κ1) is 18.7. The Morgan fingerprint density at radius 2 is 1.44 bits per heavy atom. The minimum Gasteiger partial charge on any atom is -0.488 e. The molecule has 0 aliphatic heterocycles. The zero-order valence-corrected chi connectivity index (χ0v) is 15.8. The van der Waals surface area contributed by atoms with Gasteiger partial charge in [0.1, 0.15) is 19.0 Å². The Hall–Kier alpha value is -3.07. The molecule has 0 saturated heterocycles. The summed E-state index contributed by atoms with van der Waals surface area (Å²) < 4.78 is 11.5. The maximum atomic E-state index is 12.5. The van der Waals surface area contributed by atoms with Gasteiger partial charge >= 0.3 is 5.97 Å². The highest BCUT2D eigenvalue weighted by Crippen LogP contribution is 2.27. The molecule has 0 aliphatic rings. The van der Waals surface area contributed by atoms with Crippen LogP contribution in [0.5, 0.6) is 5.75 Å². The van der Waals surface area contributed by atoms with Crippen molar-refractivity contribution in [2.75, 3.05) is 0 Å². The van der Waals surface area contributed by atoms with Crippen LogP contribution in [0.25, 0.3) is 0 Å². The highest BCUT2D eigenvalue weighted by atomic mass is 16.5. The number of hydrogen-bond donors (Lipinski definition) is 0. The van der Waals surface area contributed by atoms with Gasteiger partial charge in [0.05, 0.1) is 5.56 Å². The topological polar surface area (TPSA) is 35.5 Å². The van der Waals surface area contributed by atoms with E-state index in [1.165, 1.54) is 0 Å². The first-order valence-corrected chi connectivity index (χ1v) is 9.18. The third-order valence-corrected chi connectivity index (χ3v) is 4.41. The van der Waals surface area contributed by atoms with Gasteiger partial charge in [-0.25, -0.2) is 4.79 Å². The highest BCUT2D eigenvalue weighted by molar-refractivity contribution is 5.90. The maximum absolute atomic E-state index is 12.5. The lowest BCUT2D eigenvalue weighted by Crippen LogP contribution is -2.08. The lowest BCUT2D eigenvalue weighted by atomic mass is 10.0. The van der Waals surface area contributed by atoms with Crippen LogP contribution in [-0.4, -0.2) is 5.97 Å². The molecule has 0 amide bonds. The van der Waals surface area contributed by atoms with Crippen LogP contribution in [-0.2, 0) is 24.4 Å². The summed E-state index contributed by atoms with van der Waals surface area (Å²) in [6, 6.07) is 23.5. The summed E-state index contributed by atoms with van der Waals surface area (Å²) in [6.45, 7) is 4.80. The fourth-order valence-corrected chi connectivity index (χ4v) is 2.97. The van der Waals surface area contributed by atoms with E-state index >= 15 is 0 Å². The SMILES string of the molecule is CCc1cc(C(=O)OCc2ccccc2)cc(C)c1OCc1ccccc1. The van der Waals surface area contributed by atoms with Gasteiger partial charge in [0, 0.05) is 0 Å². The van der Waals surface area contributed by atoms with Crippen molar-refractivity contribution in [3.63, 3.8) is 0 Å². The summed E-state index contributed by atoms with van der Waals surface area (Å²) in [5.74, 6) is 0.534. The number of ether oxygens (including phenoxy) is 2. The fourth-order valence-electron chi connectivity index (χ4n) is 2.97. The molecule has 0 bridgehead atoms. The summed E-state index contributed by atoms with van der Waals surface area (Å²) in [6.07, 6.45) is 0.783. The lowest BCUT2D eigenvalue weighted by molar-refractivity contribution is 0.0472. The molecule has 0 radical (unpaired) electrons. The van der Waals surface area contributed by atoms with E-state index in [0.29, 0.717) is 12.2 Å². The third-order valence-electron chi connectivity index (χ3n) is 4.41. The molecule has 3 heteroatoms. The third kappa shape index (κ3) is 4.98. The number of carbonyl (C=O) groups is 1. The molecule has 27 heavy (non-hydrogen) atoms. The van der Waals surface area contributed by atoms with E-state index in [1.54, 1.807) is 0 Å². The van der Waals surface area contributed by atoms with Crippen molar-refractivity contribution in [2.45, 2.75) is 33.5 Å². The Morgan fingerprint density at radius 1 is 0.852 bits per heavy atom. The maximum Gasteiger partial charge on any atom is 0.338 e. The van der Waals surface area contributed by atoms with Crippen molar-refractivity contribution in [3.05, 3.63) is 101 Å². The average Bonchev–Trinajstić information content (AvgIpc) is 2.72. The lowest BCUT2D eigenvalue weighted by Gasteiger charge is -2.15. The fraction of sp³-hybridized carbons (Fsp3) is 0.208. The van der Waals surface area contributed by atoms with Crippen molar-refractivity contribution in [1.82, 2.24) is 0 Å². The predicted molar refractivity (Wildman–Crippen MR) is 107 cm³/mol. The minimum atomic E-state index is -0.314. The molecular weight excluding hydrogens is 336 g/mol. The van der Waals surface area contributed by atoms with E-state index in [9.17, 15) is 4.79 Å². The molecule has 0 saturated carbocycles. The molecule has 0 spiro atoms. The van der Waals surface area contributed by atoms with Crippen LogP contribution in [0.4, 0.5) is 0 Å². The molecule has 138 valence electrons. The van der Waals surface area contributed by atoms with Crippen LogP contribution < -0.4 is 4.74 Å². The molecule has 0 N–H and O–H groups in total. The Kier molecular flexibility index (Phi) is 6.26. The standard InChI is InChI=1S/C24H24O3/c1-3-21-15-22(24(25)27-17-20-12-8-5-9-13-20)14-18(2)23(21)26-16-19-10-6-4-7-11-19/h4-15H,3,16-17H2,1-2H3. The number of benzene rings is 3. The van der Waals surface area contributed by atoms with Crippen LogP contribution >= 0.6 is 0 Å². The number of esters is 1. The van der Waals surface area contributed by atoms with Gasteiger partial charge in [-0.2, -0.15) is 0 Å². The van der Waals surface area contributed by atoms with Gasteiger partial charge < -0.3 is 9.47 Å². The van der Waals surface area contributed by atoms with Gasteiger partial charge in [-0.3, -0.25) is 0 Å². The van der Waals surface area contributed by atoms with E-state index in [1.807, 2.05) is 79.7 Å². The van der Waals surface area contributed by atoms with Crippen LogP contribution in [0.1, 0.15) is 39.5 Å². The molecule has 3 aromatic rings. The largest absolute Gasteiger partial charge is 0.488 e. The van der Waals surface area contributed by atoms with E-state index in [4.69, 9.17) is 9.47 Å². The molecule has 0 aliphatic carbocycles. The quantitative estimate of drug-likeness (QED) is 0.522. The smallest absolute Gasteiger partial charge is 0.338 e. The van der Waals surface area contributed by atoms with E-state index in [2.05, 4.69) is 6.92 Å². The Morgan fingerprint density at radius 3 is 2.04 bits per heavy atom. The van der Waals surface area contributed by atoms with Crippen molar-refractivity contribution < 1.29 is 14.3 Å². The summed E-state index contributed by atoms with van der Waals surface area (Å²) >= 11 is 0. The monoisotopic (exact) mass is 360 g/mol. The zero-order chi connectivity index (χ0) is 19.1. The van der Waals surface area contributed by atoms with Crippen LogP contribution in [0.3, 0.4) is 0 Å². The minimum absolute atomic E-state index is 0.270. The Balaban J connectivity index is 1.71. The second-order valence-electron chi connectivity index (χ2n) is 6.47. The van der Waals surface area contributed by atoms with Gasteiger partial charge in [0.25, 0.3) is 0 Å². The summed E-state index contributed by atoms with van der Waals surface area (Å²) in [7, 11) is 0. The van der Waals surface area contributed by atoms with E-state index in [-0.39, 0.29) is 12.6 Å². The normalized spacial score (nSPS) is 10.4. The van der Waals surface area contributed by atoms with Crippen LogP contribution in [0, 0.1) is 6.92 Å². The van der Waals surface area contributed by atoms with Crippen molar-refractivity contribution in [1.29, 1.82) is 0 Å². The van der Waals surface area contributed by atoms with Gasteiger partial charge in [-0.1, -0.05) is 67.6 Å².